The van der Waals surface area contributed by atoms with Crippen molar-refractivity contribution < 1.29 is 4.42 Å². The summed E-state index contributed by atoms with van der Waals surface area (Å²) in [5.41, 5.74) is 2.75. The standard InChI is InChI=1S/C15H22N2O2/c1-10(2)12(9-16-3)7-11-5-6-13-14(8-11)19-15(18)17(13)4/h5-6,8,10,12,16H,7,9H2,1-4H3. The van der Waals surface area contributed by atoms with Crippen LogP contribution in [0.3, 0.4) is 0 Å². The maximum Gasteiger partial charge on any atom is 0.419 e. The molecule has 0 aliphatic heterocycles. The first-order chi connectivity index (χ1) is 9.02. The van der Waals surface area contributed by atoms with Crippen molar-refractivity contribution in [2.45, 2.75) is 20.3 Å². The zero-order valence-corrected chi connectivity index (χ0v) is 12.1. The van der Waals surface area contributed by atoms with E-state index in [-0.39, 0.29) is 5.76 Å². The van der Waals surface area contributed by atoms with Crippen molar-refractivity contribution in [1.82, 2.24) is 9.88 Å². The average molecular weight is 262 g/mol. The van der Waals surface area contributed by atoms with Gasteiger partial charge in [-0.05, 0) is 49.5 Å². The number of oxazole rings is 1. The Kier molecular flexibility index (Phi) is 4.10. The number of nitrogens with one attached hydrogen (secondary N) is 1. The number of fused-ring (bicyclic) bond motifs is 1. The highest BCUT2D eigenvalue weighted by Crippen LogP contribution is 2.20. The van der Waals surface area contributed by atoms with Gasteiger partial charge in [-0.2, -0.15) is 0 Å². The number of nitrogens with zero attached hydrogens (tertiary/aromatic N) is 1. The minimum absolute atomic E-state index is 0.303. The highest BCUT2D eigenvalue weighted by Gasteiger charge is 2.14. The molecule has 0 fully saturated rings. The Bertz CT molecular complexity index is 610. The second-order valence-electron chi connectivity index (χ2n) is 5.49. The lowest BCUT2D eigenvalue weighted by atomic mass is 9.89. The lowest BCUT2D eigenvalue weighted by molar-refractivity contribution is 0.370. The van der Waals surface area contributed by atoms with Gasteiger partial charge < -0.3 is 9.73 Å². The van der Waals surface area contributed by atoms with Gasteiger partial charge in [0.25, 0.3) is 0 Å². The number of aryl methyl sites for hydroxylation is 1. The summed E-state index contributed by atoms with van der Waals surface area (Å²) in [7, 11) is 3.71. The molecule has 1 aromatic carbocycles. The van der Waals surface area contributed by atoms with E-state index in [1.807, 2.05) is 19.2 Å². The average Bonchev–Trinajstić information content (AvgIpc) is 2.64. The van der Waals surface area contributed by atoms with E-state index >= 15 is 0 Å². The molecule has 2 rings (SSSR count). The topological polar surface area (TPSA) is 47.2 Å². The number of rotatable bonds is 5. The van der Waals surface area contributed by atoms with E-state index < -0.39 is 0 Å². The van der Waals surface area contributed by atoms with Crippen LogP contribution >= 0.6 is 0 Å². The molecule has 4 heteroatoms. The van der Waals surface area contributed by atoms with Crippen molar-refractivity contribution in [3.8, 4) is 0 Å². The zero-order chi connectivity index (χ0) is 14.0. The summed E-state index contributed by atoms with van der Waals surface area (Å²) < 4.78 is 6.77. The fraction of sp³-hybridized carbons (Fsp3) is 0.533. The molecular formula is C15H22N2O2. The van der Waals surface area contributed by atoms with Crippen LogP contribution in [0.15, 0.2) is 27.4 Å². The summed E-state index contributed by atoms with van der Waals surface area (Å²) in [5.74, 6) is 0.895. The Hall–Kier alpha value is -1.55. The van der Waals surface area contributed by atoms with Crippen molar-refractivity contribution in [2.24, 2.45) is 18.9 Å². The van der Waals surface area contributed by atoms with E-state index in [1.165, 1.54) is 10.1 Å². The Balaban J connectivity index is 2.28. The largest absolute Gasteiger partial charge is 0.419 e. The maximum absolute atomic E-state index is 11.5. The molecule has 0 amide bonds. The monoisotopic (exact) mass is 262 g/mol. The third-order valence-corrected chi connectivity index (χ3v) is 3.76. The second-order valence-corrected chi connectivity index (χ2v) is 5.49. The quantitative estimate of drug-likeness (QED) is 0.898. The van der Waals surface area contributed by atoms with Crippen LogP contribution in [0.5, 0.6) is 0 Å². The van der Waals surface area contributed by atoms with E-state index in [9.17, 15) is 4.79 Å². The third kappa shape index (κ3) is 2.89. The molecule has 1 N–H and O–H groups in total. The first-order valence-corrected chi connectivity index (χ1v) is 6.76. The molecule has 2 aromatic rings. The van der Waals surface area contributed by atoms with Gasteiger partial charge in [-0.15, -0.1) is 0 Å². The van der Waals surface area contributed by atoms with E-state index in [4.69, 9.17) is 4.42 Å². The van der Waals surface area contributed by atoms with Crippen LogP contribution in [0, 0.1) is 11.8 Å². The lowest BCUT2D eigenvalue weighted by Crippen LogP contribution is -2.25. The molecule has 19 heavy (non-hydrogen) atoms. The zero-order valence-electron chi connectivity index (χ0n) is 12.1. The predicted molar refractivity (Wildman–Crippen MR) is 77.4 cm³/mol. The fourth-order valence-corrected chi connectivity index (χ4v) is 2.41. The normalized spacial score (nSPS) is 13.3. The van der Waals surface area contributed by atoms with Gasteiger partial charge in [-0.25, -0.2) is 4.79 Å². The Morgan fingerprint density at radius 2 is 2.11 bits per heavy atom. The lowest BCUT2D eigenvalue weighted by Gasteiger charge is -2.20. The molecule has 0 aliphatic carbocycles. The van der Waals surface area contributed by atoms with Crippen molar-refractivity contribution in [3.05, 3.63) is 34.3 Å². The summed E-state index contributed by atoms with van der Waals surface area (Å²) in [4.78, 5) is 11.5. The molecule has 1 heterocycles. The summed E-state index contributed by atoms with van der Waals surface area (Å²) in [6.45, 7) is 5.47. The SMILES string of the molecule is CNCC(Cc1ccc2c(c1)oc(=O)n2C)C(C)C. The number of aromatic nitrogens is 1. The van der Waals surface area contributed by atoms with Gasteiger partial charge in [-0.1, -0.05) is 19.9 Å². The molecule has 104 valence electrons. The molecule has 1 unspecified atom stereocenters. The summed E-state index contributed by atoms with van der Waals surface area (Å²) in [6.07, 6.45) is 0.993. The summed E-state index contributed by atoms with van der Waals surface area (Å²) in [5, 5.41) is 3.24. The molecule has 4 nitrogen and oxygen atoms in total. The van der Waals surface area contributed by atoms with Crippen LogP contribution in [0.2, 0.25) is 0 Å². The third-order valence-electron chi connectivity index (χ3n) is 3.76. The van der Waals surface area contributed by atoms with Gasteiger partial charge in [0.05, 0.1) is 5.52 Å². The molecule has 0 spiro atoms. The molecular weight excluding hydrogens is 240 g/mol. The van der Waals surface area contributed by atoms with E-state index in [1.54, 1.807) is 7.05 Å². The predicted octanol–water partition coefficient (Wildman–Crippen LogP) is 2.17. The highest BCUT2D eigenvalue weighted by atomic mass is 16.4. The molecule has 1 atom stereocenters. The van der Waals surface area contributed by atoms with E-state index in [0.29, 0.717) is 17.4 Å². The number of hydrogen-bond donors (Lipinski definition) is 1. The minimum Gasteiger partial charge on any atom is -0.408 e. The Morgan fingerprint density at radius 3 is 2.74 bits per heavy atom. The van der Waals surface area contributed by atoms with Crippen molar-refractivity contribution in [1.29, 1.82) is 0 Å². The van der Waals surface area contributed by atoms with E-state index in [0.717, 1.165) is 18.5 Å². The van der Waals surface area contributed by atoms with Gasteiger partial charge >= 0.3 is 5.76 Å². The van der Waals surface area contributed by atoms with Gasteiger partial charge in [-0.3, -0.25) is 4.57 Å². The van der Waals surface area contributed by atoms with Crippen LogP contribution in [-0.2, 0) is 13.5 Å². The Morgan fingerprint density at radius 1 is 1.37 bits per heavy atom. The number of benzene rings is 1. The second kappa shape index (κ2) is 5.61. The van der Waals surface area contributed by atoms with Crippen LogP contribution < -0.4 is 11.1 Å². The van der Waals surface area contributed by atoms with Crippen molar-refractivity contribution in [2.75, 3.05) is 13.6 Å². The smallest absolute Gasteiger partial charge is 0.408 e. The van der Waals surface area contributed by atoms with Gasteiger partial charge in [0.15, 0.2) is 5.58 Å². The van der Waals surface area contributed by atoms with Crippen LogP contribution in [0.1, 0.15) is 19.4 Å². The van der Waals surface area contributed by atoms with Gasteiger partial charge in [0.2, 0.25) is 0 Å². The van der Waals surface area contributed by atoms with Crippen molar-refractivity contribution >= 4 is 11.1 Å². The molecule has 0 saturated heterocycles. The van der Waals surface area contributed by atoms with Crippen LogP contribution in [-0.4, -0.2) is 18.2 Å². The van der Waals surface area contributed by atoms with Crippen LogP contribution in [0.4, 0.5) is 0 Å². The molecule has 0 saturated carbocycles. The first kappa shape index (κ1) is 13.9. The first-order valence-electron chi connectivity index (χ1n) is 6.76. The van der Waals surface area contributed by atoms with E-state index in [2.05, 4.69) is 25.2 Å². The minimum atomic E-state index is -0.303. The molecule has 0 aliphatic rings. The van der Waals surface area contributed by atoms with Crippen molar-refractivity contribution in [3.63, 3.8) is 0 Å². The Labute approximate surface area is 113 Å². The summed E-state index contributed by atoms with van der Waals surface area (Å²) >= 11 is 0. The number of hydrogen-bond acceptors (Lipinski definition) is 3. The molecule has 0 radical (unpaired) electrons. The molecule has 1 aromatic heterocycles. The maximum atomic E-state index is 11.5. The fourth-order valence-electron chi connectivity index (χ4n) is 2.41. The van der Waals surface area contributed by atoms with Gasteiger partial charge in [0.1, 0.15) is 0 Å². The molecule has 0 bridgehead atoms. The summed E-state index contributed by atoms with van der Waals surface area (Å²) in [6, 6.07) is 6.04. The van der Waals surface area contributed by atoms with Gasteiger partial charge in [0, 0.05) is 7.05 Å². The highest BCUT2D eigenvalue weighted by molar-refractivity contribution is 5.73. The van der Waals surface area contributed by atoms with Crippen LogP contribution in [0.25, 0.3) is 11.1 Å².